The van der Waals surface area contributed by atoms with Gasteiger partial charge in [0.25, 0.3) is 0 Å². The van der Waals surface area contributed by atoms with Crippen LogP contribution < -0.4 is 10.2 Å². The number of rotatable bonds is 10. The Morgan fingerprint density at radius 2 is 1.79 bits per heavy atom. The zero-order chi connectivity index (χ0) is 18.0. The molecule has 0 saturated carbocycles. The summed E-state index contributed by atoms with van der Waals surface area (Å²) < 4.78 is 0. The Morgan fingerprint density at radius 1 is 1.08 bits per heavy atom. The summed E-state index contributed by atoms with van der Waals surface area (Å²) in [5.74, 6) is 1.81. The number of anilines is 1. The van der Waals surface area contributed by atoms with Crippen molar-refractivity contribution in [3.8, 4) is 0 Å². The Balaban J connectivity index is 0.00000254. The monoisotopic (exact) mass is 459 g/mol. The van der Waals surface area contributed by atoms with Gasteiger partial charge in [-0.2, -0.15) is 10.2 Å². The SMILES string of the molecule is CBr.CN(C)c1ccc(N=NC/C=C\C=C/[NH2+]CCCCBr)cc1. The van der Waals surface area contributed by atoms with Gasteiger partial charge in [0.05, 0.1) is 25.0 Å². The van der Waals surface area contributed by atoms with E-state index in [0.717, 1.165) is 23.2 Å². The van der Waals surface area contributed by atoms with E-state index in [-0.39, 0.29) is 0 Å². The summed E-state index contributed by atoms with van der Waals surface area (Å²) in [6.45, 7) is 1.74. The van der Waals surface area contributed by atoms with Gasteiger partial charge in [0.1, 0.15) is 0 Å². The number of benzene rings is 1. The molecule has 6 heteroatoms. The minimum atomic E-state index is 0.601. The number of hydrogen-bond acceptors (Lipinski definition) is 3. The minimum Gasteiger partial charge on any atom is -0.378 e. The number of quaternary nitrogens is 1. The van der Waals surface area contributed by atoms with E-state index in [9.17, 15) is 0 Å². The fourth-order valence-corrected chi connectivity index (χ4v) is 2.12. The molecule has 0 aliphatic heterocycles. The highest BCUT2D eigenvalue weighted by Gasteiger charge is 1.94. The number of alkyl halides is 2. The molecule has 4 nitrogen and oxygen atoms in total. The smallest absolute Gasteiger partial charge is 0.0925 e. The Bertz CT molecular complexity index is 482. The van der Waals surface area contributed by atoms with Crippen LogP contribution in [-0.4, -0.2) is 38.3 Å². The first kappa shape index (κ1) is 23.0. The Kier molecular flexibility index (Phi) is 16.2. The van der Waals surface area contributed by atoms with Gasteiger partial charge in [-0.3, -0.25) is 0 Å². The summed E-state index contributed by atoms with van der Waals surface area (Å²) >= 11 is 6.37. The van der Waals surface area contributed by atoms with Gasteiger partial charge in [-0.15, -0.1) is 0 Å². The molecule has 0 aliphatic rings. The molecule has 1 rings (SSSR count). The molecule has 0 bridgehead atoms. The molecular weight excluding hydrogens is 432 g/mol. The molecule has 0 fully saturated rings. The highest BCUT2D eigenvalue weighted by atomic mass is 79.9. The molecule has 0 saturated heterocycles. The first-order chi connectivity index (χ1) is 11.7. The molecule has 0 aliphatic carbocycles. The lowest BCUT2D eigenvalue weighted by atomic mass is 10.3. The maximum atomic E-state index is 4.19. The van der Waals surface area contributed by atoms with Crippen LogP contribution in [0.25, 0.3) is 0 Å². The molecule has 1 aromatic rings. The van der Waals surface area contributed by atoms with Crippen molar-refractivity contribution in [2.45, 2.75) is 12.8 Å². The number of nitrogens with zero attached hydrogens (tertiary/aromatic N) is 3. The maximum absolute atomic E-state index is 4.19. The van der Waals surface area contributed by atoms with E-state index >= 15 is 0 Å². The van der Waals surface area contributed by atoms with Crippen LogP contribution in [0.15, 0.2) is 58.9 Å². The molecule has 0 spiro atoms. The molecule has 0 radical (unpaired) electrons. The summed E-state index contributed by atoms with van der Waals surface area (Å²) in [5.41, 5.74) is 2.05. The standard InChI is InChI=1S/C17H25BrN4.CH3Br/c1-22(2)17-10-8-16(9-11-17)21-20-15-6-3-5-13-19-14-7-4-12-18;1-2/h3,5-6,8-11,13,19H,4,7,12,14-15H2,1-2H3;1H3/p+1/b6-3-,13-5-,21-20?;. The van der Waals surface area contributed by atoms with E-state index < -0.39 is 0 Å². The third kappa shape index (κ3) is 12.4. The average Bonchev–Trinajstić information content (AvgIpc) is 2.62. The molecule has 0 atom stereocenters. The van der Waals surface area contributed by atoms with Gasteiger partial charge in [-0.25, -0.2) is 0 Å². The normalized spacial score (nSPS) is 11.2. The molecular formula is C18H29Br2N4+. The number of azo groups is 1. The van der Waals surface area contributed by atoms with Crippen LogP contribution in [0.5, 0.6) is 0 Å². The van der Waals surface area contributed by atoms with Crippen molar-refractivity contribution in [3.63, 3.8) is 0 Å². The number of unbranched alkanes of at least 4 members (excludes halogenated alkanes) is 1. The van der Waals surface area contributed by atoms with E-state index in [1.54, 1.807) is 0 Å². The zero-order valence-corrected chi connectivity index (χ0v) is 18.0. The van der Waals surface area contributed by atoms with Crippen LogP contribution in [-0.2, 0) is 0 Å². The second-order valence-corrected chi connectivity index (χ2v) is 5.86. The molecule has 0 unspecified atom stereocenters. The second-order valence-electron chi connectivity index (χ2n) is 5.07. The van der Waals surface area contributed by atoms with Gasteiger partial charge < -0.3 is 10.2 Å². The minimum absolute atomic E-state index is 0.601. The van der Waals surface area contributed by atoms with Crippen LogP contribution in [0, 0.1) is 0 Å². The molecule has 24 heavy (non-hydrogen) atoms. The van der Waals surface area contributed by atoms with Crippen LogP contribution >= 0.6 is 31.9 Å². The number of allylic oxidation sites excluding steroid dienone is 2. The van der Waals surface area contributed by atoms with Crippen molar-refractivity contribution >= 4 is 43.2 Å². The number of hydrogen-bond donors (Lipinski definition) is 1. The maximum Gasteiger partial charge on any atom is 0.0925 e. The van der Waals surface area contributed by atoms with Crippen molar-refractivity contribution in [3.05, 3.63) is 48.7 Å². The Hall–Kier alpha value is -0.980. The average molecular weight is 461 g/mol. The molecule has 0 aromatic heterocycles. The van der Waals surface area contributed by atoms with Crippen LogP contribution in [0.3, 0.4) is 0 Å². The zero-order valence-electron chi connectivity index (χ0n) is 14.8. The third-order valence-electron chi connectivity index (χ3n) is 2.99. The summed E-state index contributed by atoms with van der Waals surface area (Å²) in [7, 11) is 4.04. The first-order valence-electron chi connectivity index (χ1n) is 7.97. The van der Waals surface area contributed by atoms with E-state index in [2.05, 4.69) is 58.5 Å². The highest BCUT2D eigenvalue weighted by molar-refractivity contribution is 9.09. The Labute approximate surface area is 163 Å². The van der Waals surface area contributed by atoms with Crippen LogP contribution in [0.2, 0.25) is 0 Å². The van der Waals surface area contributed by atoms with E-state index in [4.69, 9.17) is 0 Å². The fourth-order valence-electron chi connectivity index (χ4n) is 1.72. The summed E-state index contributed by atoms with van der Waals surface area (Å²) in [4.78, 5) is 2.06. The van der Waals surface area contributed by atoms with E-state index in [0.29, 0.717) is 6.54 Å². The van der Waals surface area contributed by atoms with Gasteiger partial charge in [0, 0.05) is 25.1 Å². The molecule has 1 aromatic carbocycles. The van der Waals surface area contributed by atoms with Gasteiger partial charge in [0.15, 0.2) is 0 Å². The van der Waals surface area contributed by atoms with Crippen molar-refractivity contribution in [1.82, 2.24) is 0 Å². The molecule has 134 valence electrons. The lowest BCUT2D eigenvalue weighted by molar-refractivity contribution is -0.588. The van der Waals surface area contributed by atoms with Crippen molar-refractivity contribution in [2.24, 2.45) is 10.2 Å². The predicted molar refractivity (Wildman–Crippen MR) is 113 cm³/mol. The molecule has 2 N–H and O–H groups in total. The van der Waals surface area contributed by atoms with Gasteiger partial charge in [-0.05, 0) is 49.0 Å². The molecule has 0 heterocycles. The van der Waals surface area contributed by atoms with E-state index in [1.165, 1.54) is 12.8 Å². The summed E-state index contributed by atoms with van der Waals surface area (Å²) in [6, 6.07) is 8.03. The number of halogens is 2. The number of nitrogens with two attached hydrogens (primary N) is 1. The summed E-state index contributed by atoms with van der Waals surface area (Å²) in [6.07, 6.45) is 10.6. The lowest BCUT2D eigenvalue weighted by Gasteiger charge is -2.11. The van der Waals surface area contributed by atoms with Crippen LogP contribution in [0.1, 0.15) is 12.8 Å². The van der Waals surface area contributed by atoms with Gasteiger partial charge in [0.2, 0.25) is 0 Å². The van der Waals surface area contributed by atoms with Crippen molar-refractivity contribution in [2.75, 3.05) is 43.2 Å². The van der Waals surface area contributed by atoms with Gasteiger partial charge >= 0.3 is 0 Å². The predicted octanol–water partition coefficient (Wildman–Crippen LogP) is 4.66. The largest absolute Gasteiger partial charge is 0.378 e. The third-order valence-corrected chi connectivity index (χ3v) is 3.55. The first-order valence-corrected chi connectivity index (χ1v) is 10.7. The lowest BCUT2D eigenvalue weighted by Crippen LogP contribution is -2.77. The van der Waals surface area contributed by atoms with Crippen LogP contribution in [0.4, 0.5) is 11.4 Å². The topological polar surface area (TPSA) is 44.6 Å². The quantitative estimate of drug-likeness (QED) is 0.234. The van der Waals surface area contributed by atoms with Crippen molar-refractivity contribution in [1.29, 1.82) is 0 Å². The van der Waals surface area contributed by atoms with E-state index in [1.807, 2.05) is 62.4 Å². The van der Waals surface area contributed by atoms with Crippen molar-refractivity contribution < 1.29 is 5.32 Å². The Morgan fingerprint density at radius 3 is 2.42 bits per heavy atom. The second kappa shape index (κ2) is 16.9. The highest BCUT2D eigenvalue weighted by Crippen LogP contribution is 2.18. The molecule has 0 amide bonds. The fraction of sp³-hybridized carbons (Fsp3) is 0.444. The van der Waals surface area contributed by atoms with Gasteiger partial charge in [-0.1, -0.05) is 44.0 Å². The summed E-state index contributed by atoms with van der Waals surface area (Å²) in [5, 5.41) is 11.6.